The maximum atomic E-state index is 11.1. The molecule has 0 radical (unpaired) electrons. The minimum atomic E-state index is -0.418. The van der Waals surface area contributed by atoms with Crippen LogP contribution in [0.4, 0.5) is 0 Å². The Bertz CT molecular complexity index is 293. The zero-order valence-corrected chi connectivity index (χ0v) is 15.6. The number of carbonyl (C=O) groups excluding carboxylic acids is 2. The quantitative estimate of drug-likeness (QED) is 0.248. The van der Waals surface area contributed by atoms with Gasteiger partial charge >= 0.3 is 11.9 Å². The van der Waals surface area contributed by atoms with Crippen molar-refractivity contribution in [3.63, 3.8) is 0 Å². The number of ether oxygens (including phenoxy) is 2. The molecule has 0 heterocycles. The highest BCUT2D eigenvalue weighted by molar-refractivity contribution is 5.74. The molecule has 6 nitrogen and oxygen atoms in total. The molecule has 0 aliphatic rings. The Morgan fingerprint density at radius 3 is 2.09 bits per heavy atom. The average molecular weight is 334 g/mol. The van der Waals surface area contributed by atoms with Crippen molar-refractivity contribution in [1.29, 1.82) is 0 Å². The molecule has 138 valence electrons. The standard InChI is InChI=1S/C10H20O3.C7H14O3/c1-4-6-8-12-9(3)10(11)13-7-5-2;1-4-6(3)9-10-7(8)5-2/h9H,4-8H2,1-3H3;6H,4-5H2,1-3H3. The van der Waals surface area contributed by atoms with E-state index in [1.165, 1.54) is 0 Å². The third kappa shape index (κ3) is 17.1. The lowest BCUT2D eigenvalue weighted by atomic mass is 10.3. The molecule has 2 atom stereocenters. The van der Waals surface area contributed by atoms with Crippen molar-refractivity contribution in [2.75, 3.05) is 13.2 Å². The van der Waals surface area contributed by atoms with Crippen molar-refractivity contribution >= 4 is 11.9 Å². The highest BCUT2D eigenvalue weighted by Gasteiger charge is 2.13. The predicted molar refractivity (Wildman–Crippen MR) is 88.8 cm³/mol. The van der Waals surface area contributed by atoms with E-state index in [0.717, 1.165) is 25.7 Å². The van der Waals surface area contributed by atoms with Crippen LogP contribution in [0, 0.1) is 0 Å². The number of unbranched alkanes of at least 4 members (excludes halogenated alkanes) is 1. The van der Waals surface area contributed by atoms with Crippen molar-refractivity contribution in [1.82, 2.24) is 0 Å². The molecule has 0 rings (SSSR count). The summed E-state index contributed by atoms with van der Waals surface area (Å²) >= 11 is 0. The molecule has 0 aromatic carbocycles. The number of carbonyl (C=O) groups is 2. The topological polar surface area (TPSA) is 71.1 Å². The number of esters is 1. The molecule has 0 aromatic heterocycles. The van der Waals surface area contributed by atoms with Gasteiger partial charge in [0.25, 0.3) is 0 Å². The lowest BCUT2D eigenvalue weighted by molar-refractivity contribution is -0.294. The van der Waals surface area contributed by atoms with E-state index < -0.39 is 6.10 Å². The Morgan fingerprint density at radius 1 is 0.957 bits per heavy atom. The van der Waals surface area contributed by atoms with Crippen LogP contribution in [0.1, 0.15) is 73.6 Å². The van der Waals surface area contributed by atoms with Gasteiger partial charge in [-0.1, -0.05) is 34.1 Å². The van der Waals surface area contributed by atoms with Gasteiger partial charge in [0, 0.05) is 13.0 Å². The third-order valence-corrected chi connectivity index (χ3v) is 2.82. The second kappa shape index (κ2) is 17.2. The molecule has 23 heavy (non-hydrogen) atoms. The van der Waals surface area contributed by atoms with E-state index >= 15 is 0 Å². The van der Waals surface area contributed by atoms with Gasteiger partial charge in [0.1, 0.15) is 6.10 Å². The first-order chi connectivity index (χ1) is 10.9. The van der Waals surface area contributed by atoms with E-state index in [4.69, 9.17) is 14.4 Å². The summed E-state index contributed by atoms with van der Waals surface area (Å²) in [6.07, 6.45) is 3.71. The Balaban J connectivity index is 0. The maximum absolute atomic E-state index is 11.1. The van der Waals surface area contributed by atoms with Crippen molar-refractivity contribution in [3.8, 4) is 0 Å². The molecule has 0 aliphatic heterocycles. The second-order valence-electron chi connectivity index (χ2n) is 5.16. The van der Waals surface area contributed by atoms with E-state index in [2.05, 4.69) is 11.8 Å². The summed E-state index contributed by atoms with van der Waals surface area (Å²) in [6.45, 7) is 12.4. The summed E-state index contributed by atoms with van der Waals surface area (Å²) in [6, 6.07) is 0. The van der Waals surface area contributed by atoms with E-state index in [1.807, 2.05) is 20.8 Å². The van der Waals surface area contributed by atoms with Crippen LogP contribution in [0.25, 0.3) is 0 Å². The van der Waals surface area contributed by atoms with Gasteiger partial charge in [-0.2, -0.15) is 4.89 Å². The molecule has 2 unspecified atom stereocenters. The molecular weight excluding hydrogens is 300 g/mol. The largest absolute Gasteiger partial charge is 0.464 e. The van der Waals surface area contributed by atoms with Gasteiger partial charge in [0.15, 0.2) is 6.10 Å². The van der Waals surface area contributed by atoms with Crippen LogP contribution < -0.4 is 0 Å². The molecule has 0 fully saturated rings. The fourth-order valence-corrected chi connectivity index (χ4v) is 1.06. The molecule has 0 N–H and O–H groups in total. The lowest BCUT2D eigenvalue weighted by Gasteiger charge is -2.11. The van der Waals surface area contributed by atoms with Crippen LogP contribution in [-0.2, 0) is 28.8 Å². The van der Waals surface area contributed by atoms with E-state index in [1.54, 1.807) is 13.8 Å². The number of hydrogen-bond donors (Lipinski definition) is 0. The number of rotatable bonds is 11. The average Bonchev–Trinajstić information content (AvgIpc) is 2.57. The highest BCUT2D eigenvalue weighted by atomic mass is 17.2. The molecule has 0 saturated carbocycles. The smallest absolute Gasteiger partial charge is 0.342 e. The first-order valence-corrected chi connectivity index (χ1v) is 8.57. The van der Waals surface area contributed by atoms with Gasteiger partial charge in [-0.25, -0.2) is 9.59 Å². The van der Waals surface area contributed by atoms with E-state index in [-0.39, 0.29) is 18.0 Å². The summed E-state index contributed by atoms with van der Waals surface area (Å²) in [5.74, 6) is -0.571. The Morgan fingerprint density at radius 2 is 1.61 bits per heavy atom. The highest BCUT2D eigenvalue weighted by Crippen LogP contribution is 1.98. The van der Waals surface area contributed by atoms with Crippen molar-refractivity contribution in [2.45, 2.75) is 85.9 Å². The van der Waals surface area contributed by atoms with Crippen molar-refractivity contribution in [3.05, 3.63) is 0 Å². The Labute approximate surface area is 140 Å². The molecule has 0 saturated heterocycles. The zero-order valence-electron chi connectivity index (χ0n) is 15.6. The SMILES string of the molecule is CCC(=O)OOC(C)CC.CCCCOC(C)C(=O)OCCC. The fraction of sp³-hybridized carbons (Fsp3) is 0.882. The van der Waals surface area contributed by atoms with Gasteiger partial charge in [-0.05, 0) is 33.1 Å². The molecule has 0 amide bonds. The minimum absolute atomic E-state index is 0.00417. The summed E-state index contributed by atoms with van der Waals surface area (Å²) in [5.41, 5.74) is 0. The Kier molecular flexibility index (Phi) is 18.1. The van der Waals surface area contributed by atoms with Crippen molar-refractivity contribution < 1.29 is 28.8 Å². The second-order valence-corrected chi connectivity index (χ2v) is 5.16. The van der Waals surface area contributed by atoms with Crippen LogP contribution >= 0.6 is 0 Å². The molecule has 0 aliphatic carbocycles. The summed E-state index contributed by atoms with van der Waals surface area (Å²) in [7, 11) is 0. The molecule has 0 bridgehead atoms. The monoisotopic (exact) mass is 334 g/mol. The number of hydrogen-bond acceptors (Lipinski definition) is 6. The Hall–Kier alpha value is -1.14. The summed E-state index contributed by atoms with van der Waals surface area (Å²) in [4.78, 5) is 30.7. The fourth-order valence-electron chi connectivity index (χ4n) is 1.06. The maximum Gasteiger partial charge on any atom is 0.342 e. The van der Waals surface area contributed by atoms with Gasteiger partial charge < -0.3 is 9.47 Å². The lowest BCUT2D eigenvalue weighted by Crippen LogP contribution is -2.24. The minimum Gasteiger partial charge on any atom is -0.464 e. The van der Waals surface area contributed by atoms with Crippen LogP contribution in [-0.4, -0.2) is 37.4 Å². The molecule has 0 aromatic rings. The third-order valence-electron chi connectivity index (χ3n) is 2.82. The van der Waals surface area contributed by atoms with E-state index in [9.17, 15) is 9.59 Å². The molecule has 0 spiro atoms. The van der Waals surface area contributed by atoms with Crippen LogP contribution in [0.3, 0.4) is 0 Å². The van der Waals surface area contributed by atoms with Gasteiger partial charge in [0.2, 0.25) is 0 Å². The van der Waals surface area contributed by atoms with Crippen LogP contribution in [0.15, 0.2) is 0 Å². The first kappa shape index (κ1) is 24.1. The molecular formula is C17H34O6. The zero-order chi connectivity index (χ0) is 18.1. The molecule has 6 heteroatoms. The van der Waals surface area contributed by atoms with Crippen molar-refractivity contribution in [2.24, 2.45) is 0 Å². The normalized spacial score (nSPS) is 12.6. The summed E-state index contributed by atoms with van der Waals surface area (Å²) < 4.78 is 10.2. The van der Waals surface area contributed by atoms with E-state index in [0.29, 0.717) is 19.6 Å². The van der Waals surface area contributed by atoms with Crippen LogP contribution in [0.5, 0.6) is 0 Å². The summed E-state index contributed by atoms with van der Waals surface area (Å²) in [5, 5.41) is 0. The van der Waals surface area contributed by atoms with Crippen LogP contribution in [0.2, 0.25) is 0 Å². The van der Waals surface area contributed by atoms with Gasteiger partial charge in [-0.15, -0.1) is 0 Å². The van der Waals surface area contributed by atoms with Gasteiger partial charge in [0.05, 0.1) is 6.61 Å². The predicted octanol–water partition coefficient (Wildman–Crippen LogP) is 3.81. The first-order valence-electron chi connectivity index (χ1n) is 8.57. The van der Waals surface area contributed by atoms with Gasteiger partial charge in [-0.3, -0.25) is 4.89 Å².